The maximum Gasteiger partial charge on any atom is 0.415 e. The van der Waals surface area contributed by atoms with E-state index < -0.39 is 0 Å². The van der Waals surface area contributed by atoms with Gasteiger partial charge in [0.1, 0.15) is 6.10 Å². The molecule has 1 aromatic carbocycles. The lowest BCUT2D eigenvalue weighted by atomic mass is 10.1. The van der Waals surface area contributed by atoms with Crippen LogP contribution in [0.1, 0.15) is 5.56 Å². The number of carbonyl (C=O) groups is 1. The van der Waals surface area contributed by atoms with Crippen LogP contribution in [0, 0.1) is 0 Å². The van der Waals surface area contributed by atoms with Crippen LogP contribution in [0.15, 0.2) is 22.7 Å². The highest BCUT2D eigenvalue weighted by Gasteiger charge is 2.46. The summed E-state index contributed by atoms with van der Waals surface area (Å²) in [6, 6.07) is 6.00. The molecule has 3 rings (SSSR count). The zero-order chi connectivity index (χ0) is 11.3. The second-order valence-electron chi connectivity index (χ2n) is 4.07. The first-order valence-corrected chi connectivity index (χ1v) is 5.98. The summed E-state index contributed by atoms with van der Waals surface area (Å²) in [6.45, 7) is 0.377. The zero-order valence-electron chi connectivity index (χ0n) is 8.52. The Hall–Kier alpha value is -1.07. The summed E-state index contributed by atoms with van der Waals surface area (Å²) in [5.41, 5.74) is 7.73. The molecule has 5 heteroatoms. The maximum atomic E-state index is 11.7. The van der Waals surface area contributed by atoms with Gasteiger partial charge >= 0.3 is 6.09 Å². The molecule has 0 bridgehead atoms. The molecule has 2 N–H and O–H groups in total. The van der Waals surface area contributed by atoms with Gasteiger partial charge in [-0.2, -0.15) is 0 Å². The zero-order valence-corrected chi connectivity index (χ0v) is 10.1. The number of carbonyl (C=O) groups excluding carboxylic acids is 1. The number of hydrogen-bond acceptors (Lipinski definition) is 3. The summed E-state index contributed by atoms with van der Waals surface area (Å²) in [7, 11) is 0. The molecule has 2 atom stereocenters. The van der Waals surface area contributed by atoms with E-state index in [0.717, 1.165) is 16.6 Å². The van der Waals surface area contributed by atoms with E-state index in [9.17, 15) is 4.79 Å². The third-order valence-electron chi connectivity index (χ3n) is 3.17. The van der Waals surface area contributed by atoms with E-state index in [0.29, 0.717) is 6.54 Å². The fourth-order valence-electron chi connectivity index (χ4n) is 2.45. The van der Waals surface area contributed by atoms with E-state index in [-0.39, 0.29) is 18.2 Å². The van der Waals surface area contributed by atoms with E-state index in [1.807, 2.05) is 12.1 Å². The summed E-state index contributed by atoms with van der Waals surface area (Å²) in [4.78, 5) is 13.4. The van der Waals surface area contributed by atoms with Crippen molar-refractivity contribution in [1.29, 1.82) is 0 Å². The Kier molecular flexibility index (Phi) is 2.19. The first kappa shape index (κ1) is 10.1. The van der Waals surface area contributed by atoms with Gasteiger partial charge in [-0.3, -0.25) is 4.90 Å². The number of anilines is 1. The van der Waals surface area contributed by atoms with Gasteiger partial charge in [0.15, 0.2) is 0 Å². The van der Waals surface area contributed by atoms with Crippen molar-refractivity contribution in [3.05, 3.63) is 28.2 Å². The van der Waals surface area contributed by atoms with Gasteiger partial charge in [-0.1, -0.05) is 15.9 Å². The smallest absolute Gasteiger partial charge is 0.415 e. The molecule has 0 aromatic heterocycles. The third-order valence-corrected chi connectivity index (χ3v) is 3.67. The summed E-state index contributed by atoms with van der Waals surface area (Å²) >= 11 is 3.43. The number of nitrogens with zero attached hydrogens (tertiary/aromatic N) is 1. The highest BCUT2D eigenvalue weighted by Crippen LogP contribution is 2.39. The monoisotopic (exact) mass is 282 g/mol. The summed E-state index contributed by atoms with van der Waals surface area (Å²) in [6.07, 6.45) is 0.364. The molecule has 1 amide bonds. The molecule has 2 aliphatic heterocycles. The van der Waals surface area contributed by atoms with Crippen LogP contribution in [-0.4, -0.2) is 24.8 Å². The van der Waals surface area contributed by atoms with Crippen molar-refractivity contribution in [1.82, 2.24) is 0 Å². The van der Waals surface area contributed by atoms with E-state index >= 15 is 0 Å². The largest absolute Gasteiger partial charge is 0.442 e. The number of amides is 1. The highest BCUT2D eigenvalue weighted by atomic mass is 79.9. The molecule has 0 unspecified atom stereocenters. The second-order valence-corrected chi connectivity index (χ2v) is 4.99. The number of fused-ring (bicyclic) bond motifs is 3. The molecule has 2 aliphatic rings. The molecular formula is C11H11BrN2O2. The van der Waals surface area contributed by atoms with Gasteiger partial charge in [-0.05, 0) is 30.2 Å². The Morgan fingerprint density at radius 2 is 2.38 bits per heavy atom. The Morgan fingerprint density at radius 3 is 3.12 bits per heavy atom. The quantitative estimate of drug-likeness (QED) is 0.852. The van der Waals surface area contributed by atoms with Crippen LogP contribution in [0.5, 0.6) is 0 Å². The van der Waals surface area contributed by atoms with Crippen molar-refractivity contribution in [3.63, 3.8) is 0 Å². The number of benzene rings is 1. The van der Waals surface area contributed by atoms with Crippen LogP contribution < -0.4 is 10.6 Å². The van der Waals surface area contributed by atoms with Gasteiger partial charge in [0.25, 0.3) is 0 Å². The molecule has 0 saturated carbocycles. The number of hydrogen-bond donors (Lipinski definition) is 1. The number of cyclic esters (lactones) is 1. The standard InChI is InChI=1S/C11H11BrN2O2/c12-7-1-2-8-6(3-7)4-9-10(5-13)16-11(15)14(8)9/h1-3,9-10H,4-5,13H2/t9-,10-/m0/s1. The molecule has 1 aromatic rings. The van der Waals surface area contributed by atoms with Crippen LogP contribution in [0.3, 0.4) is 0 Å². The van der Waals surface area contributed by atoms with E-state index in [1.54, 1.807) is 4.90 Å². The van der Waals surface area contributed by atoms with Crippen molar-refractivity contribution >= 4 is 27.7 Å². The van der Waals surface area contributed by atoms with E-state index in [4.69, 9.17) is 10.5 Å². The molecule has 1 fully saturated rings. The van der Waals surface area contributed by atoms with Gasteiger partial charge in [0, 0.05) is 11.0 Å². The molecule has 4 nitrogen and oxygen atoms in total. The highest BCUT2D eigenvalue weighted by molar-refractivity contribution is 9.10. The Balaban J connectivity index is 2.04. The van der Waals surface area contributed by atoms with Gasteiger partial charge in [-0.15, -0.1) is 0 Å². The molecule has 1 saturated heterocycles. The number of ether oxygens (including phenoxy) is 1. The molecule has 16 heavy (non-hydrogen) atoms. The average Bonchev–Trinajstić information content (AvgIpc) is 2.76. The lowest BCUT2D eigenvalue weighted by Gasteiger charge is -2.14. The predicted octanol–water partition coefficient (Wildman–Crippen LogP) is 1.66. The first-order chi connectivity index (χ1) is 7.70. The molecule has 2 heterocycles. The molecule has 0 spiro atoms. The van der Waals surface area contributed by atoms with Crippen LogP contribution in [0.4, 0.5) is 10.5 Å². The van der Waals surface area contributed by atoms with Crippen molar-refractivity contribution < 1.29 is 9.53 Å². The van der Waals surface area contributed by atoms with Crippen LogP contribution >= 0.6 is 15.9 Å². The second kappa shape index (κ2) is 3.46. The fourth-order valence-corrected chi connectivity index (χ4v) is 2.86. The average molecular weight is 283 g/mol. The van der Waals surface area contributed by atoms with Crippen molar-refractivity contribution in [2.45, 2.75) is 18.6 Å². The fraction of sp³-hybridized carbons (Fsp3) is 0.364. The minimum atomic E-state index is -0.276. The van der Waals surface area contributed by atoms with Gasteiger partial charge in [0.2, 0.25) is 0 Å². The van der Waals surface area contributed by atoms with Crippen LogP contribution in [0.2, 0.25) is 0 Å². The Morgan fingerprint density at radius 1 is 1.56 bits per heavy atom. The maximum absolute atomic E-state index is 11.7. The molecule has 0 aliphatic carbocycles. The number of halogens is 1. The normalized spacial score (nSPS) is 26.6. The van der Waals surface area contributed by atoms with E-state index in [1.165, 1.54) is 5.56 Å². The number of rotatable bonds is 1. The summed E-state index contributed by atoms with van der Waals surface area (Å²) < 4.78 is 6.25. The number of nitrogens with two attached hydrogens (primary N) is 1. The summed E-state index contributed by atoms with van der Waals surface area (Å²) in [5, 5.41) is 0. The third kappa shape index (κ3) is 1.28. The lowest BCUT2D eigenvalue weighted by Crippen LogP contribution is -2.37. The van der Waals surface area contributed by atoms with E-state index in [2.05, 4.69) is 22.0 Å². The SMILES string of the molecule is NC[C@@H]1OC(=O)N2c3ccc(Br)cc3C[C@@H]12. The van der Waals surface area contributed by atoms with Gasteiger partial charge in [-0.25, -0.2) is 4.79 Å². The minimum Gasteiger partial charge on any atom is -0.442 e. The van der Waals surface area contributed by atoms with Crippen molar-refractivity contribution in [2.24, 2.45) is 5.73 Å². The van der Waals surface area contributed by atoms with Crippen molar-refractivity contribution in [3.8, 4) is 0 Å². The van der Waals surface area contributed by atoms with Crippen LogP contribution in [0.25, 0.3) is 0 Å². The predicted molar refractivity (Wildman–Crippen MR) is 63.4 cm³/mol. The minimum absolute atomic E-state index is 0.0711. The summed E-state index contributed by atoms with van der Waals surface area (Å²) in [5.74, 6) is 0. The van der Waals surface area contributed by atoms with Gasteiger partial charge < -0.3 is 10.5 Å². The van der Waals surface area contributed by atoms with Gasteiger partial charge in [0.05, 0.1) is 11.7 Å². The Labute approximate surface area is 101 Å². The molecule has 84 valence electrons. The van der Waals surface area contributed by atoms with Crippen molar-refractivity contribution in [2.75, 3.05) is 11.4 Å². The molecule has 0 radical (unpaired) electrons. The first-order valence-electron chi connectivity index (χ1n) is 5.19. The van der Waals surface area contributed by atoms with Crippen LogP contribution in [-0.2, 0) is 11.2 Å². The lowest BCUT2D eigenvalue weighted by molar-refractivity contribution is 0.135. The molecular weight excluding hydrogens is 272 g/mol. The Bertz CT molecular complexity index is 463. The topological polar surface area (TPSA) is 55.6 Å².